The molecule has 2 aliphatic carbocycles. The first-order chi connectivity index (χ1) is 18.6. The summed E-state index contributed by atoms with van der Waals surface area (Å²) in [7, 11) is 0. The molecule has 3 unspecified atom stereocenters. The second kappa shape index (κ2) is 8.63. The Morgan fingerprint density at radius 1 is 1.15 bits per heavy atom. The van der Waals surface area contributed by atoms with Crippen molar-refractivity contribution in [2.24, 2.45) is 11.7 Å². The zero-order valence-electron chi connectivity index (χ0n) is 20.8. The van der Waals surface area contributed by atoms with Gasteiger partial charge in [0.1, 0.15) is 22.8 Å². The third kappa shape index (κ3) is 3.42. The van der Waals surface area contributed by atoms with E-state index in [1.54, 1.807) is 30.0 Å². The summed E-state index contributed by atoms with van der Waals surface area (Å²) in [6, 6.07) is 4.99. The van der Waals surface area contributed by atoms with Crippen molar-refractivity contribution in [2.75, 3.05) is 26.3 Å². The maximum atomic E-state index is 14.0. The fraction of sp³-hybridized carbons (Fsp3) is 0.333. The summed E-state index contributed by atoms with van der Waals surface area (Å²) >= 11 is 0. The van der Waals surface area contributed by atoms with E-state index in [4.69, 9.17) is 15.0 Å². The molecule has 1 amide bonds. The number of morpholine rings is 1. The molecule has 0 spiro atoms. The van der Waals surface area contributed by atoms with Crippen LogP contribution >= 0.6 is 0 Å². The number of phenols is 2. The van der Waals surface area contributed by atoms with E-state index in [1.165, 1.54) is 6.07 Å². The number of rotatable bonds is 3. The number of nitrogens with zero attached hydrogens (tertiary/aromatic N) is 2. The maximum Gasteiger partial charge on any atom is 0.255 e. The van der Waals surface area contributed by atoms with Crippen LogP contribution in [0.4, 0.5) is 0 Å². The fourth-order valence-electron chi connectivity index (χ4n) is 6.17. The van der Waals surface area contributed by atoms with Crippen LogP contribution in [-0.4, -0.2) is 85.9 Å². The number of aliphatic hydroxyl groups excluding tert-OH is 1. The molecule has 0 bridgehead atoms. The number of nitrogens with two attached hydrogens (primary N) is 1. The van der Waals surface area contributed by atoms with E-state index in [0.717, 1.165) is 0 Å². The number of carbonyl (C=O) groups excluding carboxylic acids is 3. The summed E-state index contributed by atoms with van der Waals surface area (Å²) in [6.45, 7) is 2.86. The lowest BCUT2D eigenvalue weighted by atomic mass is 9.61. The van der Waals surface area contributed by atoms with E-state index >= 15 is 0 Å². The van der Waals surface area contributed by atoms with E-state index < -0.39 is 52.1 Å². The minimum atomic E-state index is -2.73. The molecule has 202 valence electrons. The summed E-state index contributed by atoms with van der Waals surface area (Å²) in [5.74, 6) is -6.15. The zero-order valence-corrected chi connectivity index (χ0v) is 20.8. The van der Waals surface area contributed by atoms with Gasteiger partial charge in [0, 0.05) is 36.0 Å². The summed E-state index contributed by atoms with van der Waals surface area (Å²) in [5.41, 5.74) is 2.87. The van der Waals surface area contributed by atoms with Gasteiger partial charge >= 0.3 is 0 Å². The SMILES string of the molecule is Cc1cc(-c2ccc(O)c3c(O)c4c(cc23)CC2C(N3CCOCC3)C(=O)C(C(N)=O)=C(O)C2(O)C4=O)on1. The third-order valence-electron chi connectivity index (χ3n) is 7.96. The molecular formula is C27H25N3O9. The average molecular weight is 536 g/mol. The molecule has 6 rings (SSSR count). The number of Topliss-reactive ketones (excluding diaryl/α,β-unsaturated/α-hetero) is 2. The van der Waals surface area contributed by atoms with E-state index in [9.17, 15) is 34.8 Å². The molecule has 0 radical (unpaired) electrons. The number of fused-ring (bicyclic) bond motifs is 3. The molecule has 39 heavy (non-hydrogen) atoms. The van der Waals surface area contributed by atoms with Crippen molar-refractivity contribution in [3.63, 3.8) is 0 Å². The van der Waals surface area contributed by atoms with Crippen LogP contribution in [0.2, 0.25) is 0 Å². The highest BCUT2D eigenvalue weighted by Crippen LogP contribution is 2.51. The summed E-state index contributed by atoms with van der Waals surface area (Å²) in [6.07, 6.45) is -0.129. The highest BCUT2D eigenvalue weighted by atomic mass is 16.5. The Labute approximate surface area is 220 Å². The van der Waals surface area contributed by atoms with Gasteiger partial charge in [0.05, 0.1) is 35.9 Å². The number of aromatic hydroxyl groups is 2. The van der Waals surface area contributed by atoms with Crippen LogP contribution in [0.3, 0.4) is 0 Å². The first-order valence-electron chi connectivity index (χ1n) is 12.4. The first kappa shape index (κ1) is 25.0. The topological polar surface area (TPSA) is 197 Å². The first-order valence-corrected chi connectivity index (χ1v) is 12.4. The van der Waals surface area contributed by atoms with Gasteiger partial charge in [0.25, 0.3) is 5.91 Å². The molecule has 12 heteroatoms. The second-order valence-electron chi connectivity index (χ2n) is 10.1. The standard InChI is InChI=1S/C27H25N3O9/c1-11-8-17(39-29-11)13-2-3-16(31)19-14(13)9-12-10-15-21(30-4-6-38-7-5-30)23(33)20(26(28)36)25(35)27(15,37)24(34)18(12)22(19)32/h2-3,8-9,15,21,31-32,35,37H,4-7,10H2,1H3,(H2,28,36). The zero-order chi connectivity index (χ0) is 27.8. The smallest absolute Gasteiger partial charge is 0.255 e. The van der Waals surface area contributed by atoms with Crippen molar-refractivity contribution in [3.05, 3.63) is 52.4 Å². The van der Waals surface area contributed by atoms with E-state index in [0.29, 0.717) is 22.4 Å². The Morgan fingerprint density at radius 2 is 1.87 bits per heavy atom. The van der Waals surface area contributed by atoms with Crippen LogP contribution in [0.15, 0.2) is 40.1 Å². The van der Waals surface area contributed by atoms with Crippen molar-refractivity contribution in [1.29, 1.82) is 0 Å². The number of ether oxygens (including phenoxy) is 1. The molecule has 3 atom stereocenters. The van der Waals surface area contributed by atoms with Crippen LogP contribution in [0.25, 0.3) is 22.1 Å². The van der Waals surface area contributed by atoms with E-state index in [-0.39, 0.29) is 55.0 Å². The maximum absolute atomic E-state index is 14.0. The van der Waals surface area contributed by atoms with Gasteiger partial charge in [-0.3, -0.25) is 19.3 Å². The van der Waals surface area contributed by atoms with Gasteiger partial charge < -0.3 is 35.4 Å². The Morgan fingerprint density at radius 3 is 2.51 bits per heavy atom. The molecule has 1 aromatic heterocycles. The number of primary amides is 1. The monoisotopic (exact) mass is 535 g/mol. The summed E-state index contributed by atoms with van der Waals surface area (Å²) in [4.78, 5) is 41.5. The predicted octanol–water partition coefficient (Wildman–Crippen LogP) is 0.881. The van der Waals surface area contributed by atoms with Crippen molar-refractivity contribution >= 4 is 28.2 Å². The number of phenolic OH excluding ortho intramolecular Hbond substituents is 2. The summed E-state index contributed by atoms with van der Waals surface area (Å²) in [5, 5.41) is 49.0. The van der Waals surface area contributed by atoms with Gasteiger partial charge in [-0.2, -0.15) is 0 Å². The number of aryl methyl sites for hydroxylation is 1. The Kier molecular flexibility index (Phi) is 5.54. The summed E-state index contributed by atoms with van der Waals surface area (Å²) < 4.78 is 10.8. The molecule has 6 N–H and O–H groups in total. The number of hydrogen-bond donors (Lipinski definition) is 5. The van der Waals surface area contributed by atoms with Crippen LogP contribution in [-0.2, 0) is 20.7 Å². The number of amides is 1. The van der Waals surface area contributed by atoms with Gasteiger partial charge in [0.15, 0.2) is 17.1 Å². The van der Waals surface area contributed by atoms with Crippen LogP contribution in [0.1, 0.15) is 21.6 Å². The molecule has 1 saturated heterocycles. The minimum Gasteiger partial charge on any atom is -0.508 e. The van der Waals surface area contributed by atoms with Crippen molar-refractivity contribution in [2.45, 2.75) is 25.0 Å². The lowest BCUT2D eigenvalue weighted by molar-refractivity contribution is -0.136. The molecule has 2 aromatic carbocycles. The molecular weight excluding hydrogens is 510 g/mol. The number of ketones is 2. The fourth-order valence-corrected chi connectivity index (χ4v) is 6.17. The lowest BCUT2D eigenvalue weighted by Gasteiger charge is -2.49. The Balaban J connectivity index is 1.61. The number of benzene rings is 2. The van der Waals surface area contributed by atoms with Gasteiger partial charge in [-0.25, -0.2) is 0 Å². The van der Waals surface area contributed by atoms with Gasteiger partial charge in [-0.15, -0.1) is 0 Å². The van der Waals surface area contributed by atoms with Gasteiger partial charge in [-0.1, -0.05) is 5.16 Å². The van der Waals surface area contributed by atoms with Crippen molar-refractivity contribution in [1.82, 2.24) is 10.1 Å². The van der Waals surface area contributed by atoms with Crippen molar-refractivity contribution < 1.29 is 44.1 Å². The van der Waals surface area contributed by atoms with Gasteiger partial charge in [-0.05, 0) is 37.1 Å². The number of carbonyl (C=O) groups is 3. The normalized spacial score (nSPS) is 25.6. The minimum absolute atomic E-state index is 0.0779. The Bertz CT molecular complexity index is 1620. The highest BCUT2D eigenvalue weighted by molar-refractivity contribution is 6.25. The average Bonchev–Trinajstić information content (AvgIpc) is 3.32. The van der Waals surface area contributed by atoms with Gasteiger partial charge in [0.2, 0.25) is 5.78 Å². The number of aromatic nitrogens is 1. The van der Waals surface area contributed by atoms with Crippen LogP contribution in [0, 0.1) is 12.8 Å². The second-order valence-corrected chi connectivity index (χ2v) is 10.1. The van der Waals surface area contributed by atoms with E-state index in [1.807, 2.05) is 0 Å². The molecule has 3 aromatic rings. The quantitative estimate of drug-likeness (QED) is 0.299. The molecule has 0 saturated carbocycles. The predicted molar refractivity (Wildman–Crippen MR) is 134 cm³/mol. The molecule has 3 aliphatic rings. The molecule has 12 nitrogen and oxygen atoms in total. The van der Waals surface area contributed by atoms with E-state index in [2.05, 4.69) is 5.16 Å². The highest BCUT2D eigenvalue weighted by Gasteiger charge is 2.62. The largest absolute Gasteiger partial charge is 0.508 e. The van der Waals surface area contributed by atoms with Crippen LogP contribution in [0.5, 0.6) is 11.5 Å². The molecule has 1 aliphatic heterocycles. The van der Waals surface area contributed by atoms with Crippen LogP contribution < -0.4 is 5.73 Å². The number of hydrogen-bond acceptors (Lipinski definition) is 11. The number of aliphatic hydroxyl groups is 2. The van der Waals surface area contributed by atoms with Crippen molar-refractivity contribution in [3.8, 4) is 22.8 Å². The molecule has 2 heterocycles. The lowest BCUT2D eigenvalue weighted by Crippen LogP contribution is -2.66. The third-order valence-corrected chi connectivity index (χ3v) is 7.96. The Hall–Kier alpha value is -4.26. The molecule has 1 fully saturated rings.